The van der Waals surface area contributed by atoms with Crippen molar-refractivity contribution in [3.63, 3.8) is 0 Å². The fourth-order valence-corrected chi connectivity index (χ4v) is 17.3. The molecule has 0 fully saturated rings. The molecule has 0 aromatic carbocycles. The first kappa shape index (κ1) is 16.7. The average molecular weight is 335 g/mol. The Morgan fingerprint density at radius 2 is 1.19 bits per heavy atom. The summed E-state index contributed by atoms with van der Waals surface area (Å²) in [6, 6.07) is 2.01. The first-order valence-electron chi connectivity index (χ1n) is 6.71. The normalized spacial score (nSPS) is 13.9. The van der Waals surface area contributed by atoms with Crippen molar-refractivity contribution in [2.75, 3.05) is 6.54 Å². The van der Waals surface area contributed by atoms with Crippen LogP contribution >= 0.6 is 0 Å². The molecule has 0 atom stereocenters. The Labute approximate surface area is 108 Å². The predicted octanol–water partition coefficient (Wildman–Crippen LogP) is 3.54. The number of hydrogen-bond donors (Lipinski definition) is 0. The fourth-order valence-electron chi connectivity index (χ4n) is 3.39. The summed E-state index contributed by atoms with van der Waals surface area (Å²) in [4.78, 5) is 5.11. The summed E-state index contributed by atoms with van der Waals surface area (Å²) < 4.78 is 5.58. The van der Waals surface area contributed by atoms with Crippen molar-refractivity contribution in [1.29, 1.82) is 0 Å². The Bertz CT molecular complexity index is 192. The summed E-state index contributed by atoms with van der Waals surface area (Å²) in [5.41, 5.74) is 0. The molecule has 0 aromatic heterocycles. The summed E-state index contributed by atoms with van der Waals surface area (Å²) in [6.45, 7) is 17.5. The SMILES string of the molecule is CC[N](C(C)C)[Sn]([CH3])([CH3])[N](C(C)C)C(C)C. The molecular formula is C13H32N2Sn. The zero-order valence-electron chi connectivity index (χ0n) is 12.8. The van der Waals surface area contributed by atoms with E-state index in [-0.39, 0.29) is 0 Å². The van der Waals surface area contributed by atoms with Gasteiger partial charge in [-0.25, -0.2) is 0 Å². The molecule has 0 aliphatic rings. The van der Waals surface area contributed by atoms with Gasteiger partial charge in [-0.1, -0.05) is 0 Å². The van der Waals surface area contributed by atoms with E-state index < -0.39 is 18.9 Å². The molecule has 0 heterocycles. The van der Waals surface area contributed by atoms with E-state index in [1.54, 1.807) is 0 Å². The molecule has 0 bridgehead atoms. The van der Waals surface area contributed by atoms with Gasteiger partial charge in [0.15, 0.2) is 0 Å². The molecule has 0 aliphatic carbocycles. The molecule has 2 nitrogen and oxygen atoms in total. The molecule has 0 unspecified atom stereocenters. The van der Waals surface area contributed by atoms with Crippen LogP contribution in [-0.4, -0.2) is 49.8 Å². The average Bonchev–Trinajstić information content (AvgIpc) is 1.99. The van der Waals surface area contributed by atoms with Gasteiger partial charge in [0, 0.05) is 0 Å². The van der Waals surface area contributed by atoms with Crippen LogP contribution in [0, 0.1) is 0 Å². The van der Waals surface area contributed by atoms with Crippen LogP contribution in [-0.2, 0) is 0 Å². The minimum atomic E-state index is -2.30. The Hall–Kier alpha value is 0.719. The molecule has 3 heteroatoms. The van der Waals surface area contributed by atoms with Crippen molar-refractivity contribution in [3.05, 3.63) is 0 Å². The van der Waals surface area contributed by atoms with E-state index in [9.17, 15) is 0 Å². The van der Waals surface area contributed by atoms with Crippen LogP contribution in [0.4, 0.5) is 0 Å². The van der Waals surface area contributed by atoms with E-state index in [2.05, 4.69) is 64.6 Å². The van der Waals surface area contributed by atoms with Crippen LogP contribution in [0.25, 0.3) is 0 Å². The van der Waals surface area contributed by atoms with Gasteiger partial charge in [-0.3, -0.25) is 0 Å². The molecule has 0 spiro atoms. The molecule has 16 heavy (non-hydrogen) atoms. The van der Waals surface area contributed by atoms with E-state index in [1.807, 2.05) is 0 Å². The van der Waals surface area contributed by atoms with Crippen LogP contribution in [0.15, 0.2) is 0 Å². The third-order valence-electron chi connectivity index (χ3n) is 3.41. The molecular weight excluding hydrogens is 303 g/mol. The first-order valence-corrected chi connectivity index (χ1v) is 15.0. The van der Waals surface area contributed by atoms with E-state index in [0.717, 1.165) is 0 Å². The van der Waals surface area contributed by atoms with Crippen molar-refractivity contribution in [3.8, 4) is 0 Å². The van der Waals surface area contributed by atoms with E-state index in [0.29, 0.717) is 18.1 Å². The van der Waals surface area contributed by atoms with Gasteiger partial charge in [0.2, 0.25) is 0 Å². The van der Waals surface area contributed by atoms with Gasteiger partial charge in [0.1, 0.15) is 0 Å². The minimum absolute atomic E-state index is 0.665. The number of rotatable bonds is 6. The zero-order valence-corrected chi connectivity index (χ0v) is 15.7. The van der Waals surface area contributed by atoms with Gasteiger partial charge in [-0.05, 0) is 0 Å². The van der Waals surface area contributed by atoms with E-state index in [4.69, 9.17) is 0 Å². The molecule has 0 N–H and O–H groups in total. The Balaban J connectivity index is 5.10. The molecule has 0 aromatic rings. The topological polar surface area (TPSA) is 6.48 Å². The molecule has 0 aliphatic heterocycles. The zero-order chi connectivity index (χ0) is 13.1. The van der Waals surface area contributed by atoms with Crippen LogP contribution in [0.2, 0.25) is 9.88 Å². The molecule has 0 radical (unpaired) electrons. The molecule has 98 valence electrons. The molecule has 0 rings (SSSR count). The van der Waals surface area contributed by atoms with Crippen LogP contribution in [0.3, 0.4) is 0 Å². The van der Waals surface area contributed by atoms with Crippen LogP contribution < -0.4 is 0 Å². The van der Waals surface area contributed by atoms with Gasteiger partial charge >= 0.3 is 108 Å². The Kier molecular flexibility index (Phi) is 6.89. The van der Waals surface area contributed by atoms with E-state index >= 15 is 0 Å². The summed E-state index contributed by atoms with van der Waals surface area (Å²) in [5, 5.41) is 0. The van der Waals surface area contributed by atoms with Gasteiger partial charge in [0.05, 0.1) is 0 Å². The van der Waals surface area contributed by atoms with E-state index in [1.165, 1.54) is 6.54 Å². The second kappa shape index (κ2) is 6.60. The predicted molar refractivity (Wildman–Crippen MR) is 77.1 cm³/mol. The van der Waals surface area contributed by atoms with Gasteiger partial charge in [0.25, 0.3) is 0 Å². The Morgan fingerprint density at radius 1 is 0.812 bits per heavy atom. The molecule has 0 amide bonds. The monoisotopic (exact) mass is 336 g/mol. The van der Waals surface area contributed by atoms with Gasteiger partial charge in [-0.15, -0.1) is 0 Å². The van der Waals surface area contributed by atoms with Crippen molar-refractivity contribution < 1.29 is 0 Å². The van der Waals surface area contributed by atoms with Gasteiger partial charge < -0.3 is 0 Å². The third-order valence-corrected chi connectivity index (χ3v) is 16.4. The molecule has 0 saturated carbocycles. The van der Waals surface area contributed by atoms with Crippen LogP contribution in [0.1, 0.15) is 48.5 Å². The van der Waals surface area contributed by atoms with Crippen molar-refractivity contribution in [2.45, 2.75) is 76.5 Å². The third kappa shape index (κ3) is 3.88. The summed E-state index contributed by atoms with van der Waals surface area (Å²) in [7, 11) is 0. The standard InChI is InChI=1S/C6H14N.C5H12N.2CH3.Sn/c1-5(2)7-6(3)4;1-4-6-5(2)3;;;/h5-6H,1-4H3;5H,4H2,1-3H3;2*1H3;/q2*-1;;;+2. The number of nitrogens with zero attached hydrogens (tertiary/aromatic N) is 2. The summed E-state index contributed by atoms with van der Waals surface area (Å²) >= 11 is -2.30. The van der Waals surface area contributed by atoms with Crippen LogP contribution in [0.5, 0.6) is 0 Å². The Morgan fingerprint density at radius 3 is 1.38 bits per heavy atom. The second-order valence-corrected chi connectivity index (χ2v) is 17.6. The van der Waals surface area contributed by atoms with Crippen molar-refractivity contribution in [1.82, 2.24) is 6.24 Å². The second-order valence-electron chi connectivity index (χ2n) is 5.97. The number of hydrogen-bond acceptors (Lipinski definition) is 2. The fraction of sp³-hybridized carbons (Fsp3) is 1.00. The summed E-state index contributed by atoms with van der Waals surface area (Å²) in [5.74, 6) is 0. The maximum absolute atomic E-state index is 2.80. The van der Waals surface area contributed by atoms with Crippen molar-refractivity contribution >= 4 is 18.9 Å². The first-order chi connectivity index (χ1) is 7.16. The molecule has 0 saturated heterocycles. The van der Waals surface area contributed by atoms with Crippen molar-refractivity contribution in [2.24, 2.45) is 0 Å². The quantitative estimate of drug-likeness (QED) is 0.685. The maximum atomic E-state index is 2.80. The summed E-state index contributed by atoms with van der Waals surface area (Å²) in [6.07, 6.45) is 0. The van der Waals surface area contributed by atoms with Gasteiger partial charge in [-0.2, -0.15) is 0 Å².